The zero-order valence-electron chi connectivity index (χ0n) is 14.6. The molecule has 1 unspecified atom stereocenters. The third-order valence-corrected chi connectivity index (χ3v) is 4.78. The second-order valence-corrected chi connectivity index (χ2v) is 6.52. The molecule has 0 aliphatic rings. The quantitative estimate of drug-likeness (QED) is 0.535. The summed E-state index contributed by atoms with van der Waals surface area (Å²) in [6.45, 7) is 0. The molecule has 0 fully saturated rings. The van der Waals surface area contributed by atoms with Crippen molar-refractivity contribution in [3.8, 4) is 17.2 Å². The molecular formula is C19H16N3O4S-. The van der Waals surface area contributed by atoms with E-state index in [9.17, 15) is 8.76 Å². The molecule has 0 aliphatic heterocycles. The molecule has 2 aromatic carbocycles. The van der Waals surface area contributed by atoms with Gasteiger partial charge in [0, 0.05) is 46.2 Å². The maximum Gasteiger partial charge on any atom is 0.162 e. The van der Waals surface area contributed by atoms with Gasteiger partial charge in [0.1, 0.15) is 0 Å². The van der Waals surface area contributed by atoms with E-state index in [-0.39, 0.29) is 0 Å². The van der Waals surface area contributed by atoms with E-state index in [0.29, 0.717) is 17.2 Å². The molecule has 0 radical (unpaired) electrons. The Morgan fingerprint density at radius 2 is 1.85 bits per heavy atom. The number of fused-ring (bicyclic) bond motifs is 2. The molecule has 0 amide bonds. The highest BCUT2D eigenvalue weighted by atomic mass is 32.2. The van der Waals surface area contributed by atoms with E-state index >= 15 is 0 Å². The van der Waals surface area contributed by atoms with Crippen molar-refractivity contribution >= 4 is 38.8 Å². The lowest BCUT2D eigenvalue weighted by molar-refractivity contribution is 0.356. The highest BCUT2D eigenvalue weighted by Gasteiger charge is 2.12. The van der Waals surface area contributed by atoms with Crippen LogP contribution in [0.1, 0.15) is 0 Å². The predicted molar refractivity (Wildman–Crippen MR) is 104 cm³/mol. The first-order chi connectivity index (χ1) is 13.1. The van der Waals surface area contributed by atoms with Crippen molar-refractivity contribution in [1.29, 1.82) is 0 Å². The molecule has 2 aromatic heterocycles. The van der Waals surface area contributed by atoms with Gasteiger partial charge in [-0.25, -0.2) is 0 Å². The van der Waals surface area contributed by atoms with Crippen molar-refractivity contribution < 1.29 is 18.2 Å². The molecule has 1 N–H and O–H groups in total. The van der Waals surface area contributed by atoms with Gasteiger partial charge in [-0.05, 0) is 36.4 Å². The van der Waals surface area contributed by atoms with Crippen LogP contribution in [0, 0.1) is 0 Å². The molecule has 0 saturated heterocycles. The van der Waals surface area contributed by atoms with E-state index in [0.717, 1.165) is 27.5 Å². The van der Waals surface area contributed by atoms with Crippen LogP contribution in [0.15, 0.2) is 54.9 Å². The monoisotopic (exact) mass is 382 g/mol. The van der Waals surface area contributed by atoms with Crippen LogP contribution >= 0.6 is 0 Å². The van der Waals surface area contributed by atoms with Crippen molar-refractivity contribution in [2.45, 2.75) is 0 Å². The molecule has 138 valence electrons. The minimum atomic E-state index is -2.36. The molecule has 0 spiro atoms. The highest BCUT2D eigenvalue weighted by molar-refractivity contribution is 7.80. The van der Waals surface area contributed by atoms with E-state index in [2.05, 4.69) is 9.71 Å². The van der Waals surface area contributed by atoms with Crippen molar-refractivity contribution in [2.24, 2.45) is 0 Å². The number of benzene rings is 2. The fraction of sp³-hybridized carbons (Fsp3) is 0.105. The number of ether oxygens (including phenoxy) is 2. The summed E-state index contributed by atoms with van der Waals surface area (Å²) in [5.74, 6) is 1.24. The summed E-state index contributed by atoms with van der Waals surface area (Å²) in [5, 5.41) is 1.83. The van der Waals surface area contributed by atoms with Gasteiger partial charge in [0.2, 0.25) is 0 Å². The number of methoxy groups -OCH3 is 2. The van der Waals surface area contributed by atoms with Crippen LogP contribution in [-0.2, 0) is 11.3 Å². The Labute approximate surface area is 158 Å². The molecule has 8 heteroatoms. The second kappa shape index (κ2) is 6.90. The van der Waals surface area contributed by atoms with Gasteiger partial charge in [-0.3, -0.25) is 9.19 Å². The van der Waals surface area contributed by atoms with Gasteiger partial charge in [-0.2, -0.15) is 0 Å². The number of nitrogens with one attached hydrogen (secondary N) is 1. The van der Waals surface area contributed by atoms with Crippen molar-refractivity contribution in [1.82, 2.24) is 9.55 Å². The topological polar surface area (TPSA) is 88.4 Å². The third-order valence-electron chi connectivity index (χ3n) is 4.37. The van der Waals surface area contributed by atoms with E-state index in [1.54, 1.807) is 32.5 Å². The zero-order valence-corrected chi connectivity index (χ0v) is 15.4. The number of hydrogen-bond acceptors (Lipinski definition) is 5. The number of pyridine rings is 1. The van der Waals surface area contributed by atoms with Gasteiger partial charge < -0.3 is 23.3 Å². The second-order valence-electron chi connectivity index (χ2n) is 5.85. The van der Waals surface area contributed by atoms with Crippen LogP contribution in [-0.4, -0.2) is 32.5 Å². The fourth-order valence-electron chi connectivity index (χ4n) is 3.18. The first kappa shape index (κ1) is 17.3. The minimum absolute atomic E-state index is 0.513. The molecule has 1 atom stereocenters. The number of rotatable bonds is 5. The van der Waals surface area contributed by atoms with E-state index in [4.69, 9.17) is 9.47 Å². The zero-order chi connectivity index (χ0) is 19.0. The lowest BCUT2D eigenvalue weighted by Gasteiger charge is -2.13. The number of anilines is 1. The molecule has 4 aromatic rings. The van der Waals surface area contributed by atoms with Crippen molar-refractivity contribution in [2.75, 3.05) is 18.9 Å². The minimum Gasteiger partial charge on any atom is -0.755 e. The van der Waals surface area contributed by atoms with Crippen LogP contribution in [0.2, 0.25) is 0 Å². The maximum absolute atomic E-state index is 10.8. The van der Waals surface area contributed by atoms with Crippen molar-refractivity contribution in [3.63, 3.8) is 0 Å². The van der Waals surface area contributed by atoms with E-state index in [1.807, 2.05) is 41.1 Å². The average molecular weight is 382 g/mol. The van der Waals surface area contributed by atoms with E-state index < -0.39 is 11.3 Å². The van der Waals surface area contributed by atoms with Crippen LogP contribution in [0.4, 0.5) is 5.69 Å². The summed E-state index contributed by atoms with van der Waals surface area (Å²) in [6.07, 6.45) is 3.68. The van der Waals surface area contributed by atoms with Gasteiger partial charge in [0.15, 0.2) is 11.5 Å². The SMILES string of the molecule is COc1cc2nccc(-n3ccc4cc(NS(=O)[O-])ccc43)c2cc1OC. The maximum atomic E-state index is 10.8. The molecule has 0 saturated carbocycles. The summed E-state index contributed by atoms with van der Waals surface area (Å²) >= 11 is -2.36. The largest absolute Gasteiger partial charge is 0.755 e. The molecule has 4 rings (SSSR count). The van der Waals surface area contributed by atoms with Crippen LogP contribution < -0.4 is 14.2 Å². The predicted octanol–water partition coefficient (Wildman–Crippen LogP) is 3.40. The number of hydrogen-bond donors (Lipinski definition) is 1. The lowest BCUT2D eigenvalue weighted by atomic mass is 10.1. The molecule has 0 bridgehead atoms. The summed E-state index contributed by atoms with van der Waals surface area (Å²) in [5.41, 5.74) is 3.18. The number of aromatic nitrogens is 2. The van der Waals surface area contributed by atoms with Crippen molar-refractivity contribution in [3.05, 3.63) is 54.9 Å². The van der Waals surface area contributed by atoms with E-state index in [1.165, 1.54) is 0 Å². The Bertz CT molecular complexity index is 1170. The van der Waals surface area contributed by atoms with Crippen LogP contribution in [0.3, 0.4) is 0 Å². The smallest absolute Gasteiger partial charge is 0.162 e. The lowest BCUT2D eigenvalue weighted by Crippen LogP contribution is -2.02. The van der Waals surface area contributed by atoms with Crippen LogP contribution in [0.5, 0.6) is 11.5 Å². The summed E-state index contributed by atoms with van der Waals surface area (Å²) in [6, 6.07) is 13.0. The normalized spacial score (nSPS) is 12.3. The summed E-state index contributed by atoms with van der Waals surface area (Å²) < 4.78 is 36.9. The Balaban J connectivity index is 1.90. The average Bonchev–Trinajstić information content (AvgIpc) is 3.08. The van der Waals surface area contributed by atoms with Gasteiger partial charge in [0.25, 0.3) is 0 Å². The Hall–Kier alpha value is -3.10. The molecule has 2 heterocycles. The van der Waals surface area contributed by atoms with Crippen LogP contribution in [0.25, 0.3) is 27.5 Å². The van der Waals surface area contributed by atoms with Gasteiger partial charge >= 0.3 is 0 Å². The Morgan fingerprint density at radius 3 is 2.59 bits per heavy atom. The van der Waals surface area contributed by atoms with Gasteiger partial charge in [-0.15, -0.1) is 0 Å². The number of nitrogens with zero attached hydrogens (tertiary/aromatic N) is 2. The standard InChI is InChI=1S/C19H17N3O4S/c1-25-18-10-14-15(11-19(18)26-2)20-7-5-17(14)22-8-6-12-9-13(21-27(23)24)3-4-16(12)22/h3-11,21H,1-2H3,(H,23,24)/p-1. The van der Waals surface area contributed by atoms with Gasteiger partial charge in [-0.1, -0.05) is 0 Å². The summed E-state index contributed by atoms with van der Waals surface area (Å²) in [7, 11) is 3.19. The molecule has 27 heavy (non-hydrogen) atoms. The summed E-state index contributed by atoms with van der Waals surface area (Å²) in [4.78, 5) is 4.44. The first-order valence-corrected chi connectivity index (χ1v) is 9.16. The Kier molecular flexibility index (Phi) is 4.43. The molecule has 7 nitrogen and oxygen atoms in total. The fourth-order valence-corrected chi connectivity index (χ4v) is 3.50. The first-order valence-electron chi connectivity index (χ1n) is 8.09. The van der Waals surface area contributed by atoms with Gasteiger partial charge in [0.05, 0.1) is 30.9 Å². The highest BCUT2D eigenvalue weighted by Crippen LogP contribution is 2.35. The Morgan fingerprint density at radius 1 is 1.07 bits per heavy atom. The molecular weight excluding hydrogens is 366 g/mol. The molecule has 0 aliphatic carbocycles. The third kappa shape index (κ3) is 3.09.